The minimum absolute atomic E-state index is 0.00433. The zero-order valence-corrected chi connectivity index (χ0v) is 12.7. The summed E-state index contributed by atoms with van der Waals surface area (Å²) in [5, 5.41) is 0. The van der Waals surface area contributed by atoms with Crippen molar-refractivity contribution in [1.29, 1.82) is 0 Å². The molecule has 1 fully saturated rings. The van der Waals surface area contributed by atoms with Crippen molar-refractivity contribution in [2.45, 2.75) is 25.9 Å². The molecule has 3 rings (SSSR count). The Hall–Kier alpha value is -2.18. The first-order valence-corrected chi connectivity index (χ1v) is 7.60. The largest absolute Gasteiger partial charge is 0.433 e. The maximum atomic E-state index is 13.2. The molecule has 0 saturated heterocycles. The minimum Gasteiger partial charge on any atom is -0.356 e. The zero-order valence-electron chi connectivity index (χ0n) is 12.7. The minimum atomic E-state index is -4.51. The molecule has 4 nitrogen and oxygen atoms in total. The molecule has 1 saturated carbocycles. The van der Waals surface area contributed by atoms with Gasteiger partial charge in [-0.3, -0.25) is 4.98 Å². The number of rotatable bonds is 5. The molecular weight excluding hydrogens is 305 g/mol. The van der Waals surface area contributed by atoms with Crippen molar-refractivity contribution < 1.29 is 13.2 Å². The number of nitrogens with zero attached hydrogens (tertiary/aromatic N) is 4. The standard InChI is InChI=1S/C16H17F3N4/c1-2-23(10-11-6-7-11)14-9-13(16(17,18)19)21-15(22-14)12-5-3-4-8-20-12/h3-5,8-9,11H,2,6-7,10H2,1H3. The fourth-order valence-corrected chi connectivity index (χ4v) is 2.35. The zero-order chi connectivity index (χ0) is 16.4. The van der Waals surface area contributed by atoms with Crippen LogP contribution in [-0.4, -0.2) is 28.0 Å². The van der Waals surface area contributed by atoms with Gasteiger partial charge in [0.15, 0.2) is 11.5 Å². The van der Waals surface area contributed by atoms with Gasteiger partial charge in [0.25, 0.3) is 0 Å². The van der Waals surface area contributed by atoms with Crippen molar-refractivity contribution in [3.63, 3.8) is 0 Å². The van der Waals surface area contributed by atoms with Gasteiger partial charge in [-0.1, -0.05) is 6.07 Å². The predicted octanol–water partition coefficient (Wildman–Crippen LogP) is 3.79. The molecule has 2 aromatic heterocycles. The van der Waals surface area contributed by atoms with E-state index in [9.17, 15) is 13.2 Å². The summed E-state index contributed by atoms with van der Waals surface area (Å²) in [5.41, 5.74) is -0.597. The third-order valence-electron chi connectivity index (χ3n) is 3.78. The lowest BCUT2D eigenvalue weighted by Gasteiger charge is -2.23. The Balaban J connectivity index is 2.03. The van der Waals surface area contributed by atoms with Gasteiger partial charge in [0, 0.05) is 25.4 Å². The smallest absolute Gasteiger partial charge is 0.356 e. The van der Waals surface area contributed by atoms with Gasteiger partial charge in [-0.25, -0.2) is 9.97 Å². The molecule has 1 aliphatic rings. The molecule has 0 unspecified atom stereocenters. The number of hydrogen-bond donors (Lipinski definition) is 0. The van der Waals surface area contributed by atoms with E-state index in [1.54, 1.807) is 18.2 Å². The van der Waals surface area contributed by atoms with Crippen LogP contribution in [0.3, 0.4) is 0 Å². The van der Waals surface area contributed by atoms with Crippen LogP contribution in [0.2, 0.25) is 0 Å². The summed E-state index contributed by atoms with van der Waals surface area (Å²) in [7, 11) is 0. The van der Waals surface area contributed by atoms with Gasteiger partial charge in [0.2, 0.25) is 0 Å². The van der Waals surface area contributed by atoms with Crippen LogP contribution in [-0.2, 0) is 6.18 Å². The van der Waals surface area contributed by atoms with Crippen molar-refractivity contribution in [2.75, 3.05) is 18.0 Å². The second-order valence-electron chi connectivity index (χ2n) is 5.63. The molecule has 2 heterocycles. The number of halogens is 3. The van der Waals surface area contributed by atoms with E-state index in [-0.39, 0.29) is 5.82 Å². The van der Waals surface area contributed by atoms with Gasteiger partial charge in [-0.15, -0.1) is 0 Å². The van der Waals surface area contributed by atoms with Gasteiger partial charge in [0.1, 0.15) is 11.5 Å². The molecule has 0 bridgehead atoms. The fourth-order valence-electron chi connectivity index (χ4n) is 2.35. The summed E-state index contributed by atoms with van der Waals surface area (Å²) in [5.74, 6) is 0.865. The summed E-state index contributed by atoms with van der Waals surface area (Å²) < 4.78 is 39.5. The third-order valence-corrected chi connectivity index (χ3v) is 3.78. The van der Waals surface area contributed by atoms with Crippen molar-refractivity contribution >= 4 is 5.82 Å². The Kier molecular flexibility index (Phi) is 4.19. The summed E-state index contributed by atoms with van der Waals surface area (Å²) in [4.78, 5) is 13.9. The fraction of sp³-hybridized carbons (Fsp3) is 0.438. The molecule has 23 heavy (non-hydrogen) atoms. The van der Waals surface area contributed by atoms with Crippen LogP contribution in [0.4, 0.5) is 19.0 Å². The third kappa shape index (κ3) is 3.78. The van der Waals surface area contributed by atoms with Crippen molar-refractivity contribution in [1.82, 2.24) is 15.0 Å². The molecule has 0 N–H and O–H groups in total. The first kappa shape index (κ1) is 15.7. The van der Waals surface area contributed by atoms with E-state index in [2.05, 4.69) is 15.0 Å². The maximum absolute atomic E-state index is 13.2. The Morgan fingerprint density at radius 2 is 2.00 bits per heavy atom. The van der Waals surface area contributed by atoms with Crippen molar-refractivity contribution in [2.24, 2.45) is 5.92 Å². The average Bonchev–Trinajstić information content (AvgIpc) is 3.36. The van der Waals surface area contributed by atoms with E-state index in [4.69, 9.17) is 0 Å². The van der Waals surface area contributed by atoms with Gasteiger partial charge < -0.3 is 4.90 Å². The SMILES string of the molecule is CCN(CC1CC1)c1cc(C(F)(F)F)nc(-c2ccccn2)n1. The van der Waals surface area contributed by atoms with Crippen LogP contribution in [0.15, 0.2) is 30.5 Å². The molecule has 7 heteroatoms. The number of alkyl halides is 3. The first-order valence-electron chi connectivity index (χ1n) is 7.60. The van der Waals surface area contributed by atoms with Gasteiger partial charge >= 0.3 is 6.18 Å². The molecule has 0 atom stereocenters. The number of anilines is 1. The van der Waals surface area contributed by atoms with Gasteiger partial charge in [0.05, 0.1) is 0 Å². The molecule has 0 aromatic carbocycles. The predicted molar refractivity (Wildman–Crippen MR) is 80.9 cm³/mol. The second-order valence-corrected chi connectivity index (χ2v) is 5.63. The quantitative estimate of drug-likeness (QED) is 0.840. The Labute approximate surface area is 132 Å². The first-order chi connectivity index (χ1) is 11.0. The molecule has 122 valence electrons. The van der Waals surface area contributed by atoms with E-state index >= 15 is 0 Å². The van der Waals surface area contributed by atoms with Gasteiger partial charge in [-0.2, -0.15) is 13.2 Å². The van der Waals surface area contributed by atoms with E-state index in [1.807, 2.05) is 11.8 Å². The molecule has 2 aromatic rings. The molecule has 0 amide bonds. The molecule has 0 aliphatic heterocycles. The summed E-state index contributed by atoms with van der Waals surface area (Å²) in [6, 6.07) is 6.03. The molecular formula is C16H17F3N4. The summed E-state index contributed by atoms with van der Waals surface area (Å²) in [6.07, 6.45) is -0.748. The van der Waals surface area contributed by atoms with Crippen molar-refractivity contribution in [3.05, 3.63) is 36.2 Å². The van der Waals surface area contributed by atoms with E-state index in [1.165, 1.54) is 6.20 Å². The second kappa shape index (κ2) is 6.14. The number of hydrogen-bond acceptors (Lipinski definition) is 4. The highest BCUT2D eigenvalue weighted by atomic mass is 19.4. The lowest BCUT2D eigenvalue weighted by Crippen LogP contribution is -2.27. The Bertz CT molecular complexity index is 669. The van der Waals surface area contributed by atoms with Crippen LogP contribution >= 0.6 is 0 Å². The highest BCUT2D eigenvalue weighted by Crippen LogP contribution is 2.34. The van der Waals surface area contributed by atoms with Crippen molar-refractivity contribution in [3.8, 4) is 11.5 Å². The molecule has 1 aliphatic carbocycles. The molecule has 0 spiro atoms. The number of aromatic nitrogens is 3. The van der Waals surface area contributed by atoms with Crippen LogP contribution < -0.4 is 4.90 Å². The Morgan fingerprint density at radius 1 is 1.22 bits per heavy atom. The molecule has 0 radical (unpaired) electrons. The Morgan fingerprint density at radius 3 is 2.57 bits per heavy atom. The average molecular weight is 322 g/mol. The number of pyridine rings is 1. The monoisotopic (exact) mass is 322 g/mol. The summed E-state index contributed by atoms with van der Waals surface area (Å²) >= 11 is 0. The topological polar surface area (TPSA) is 41.9 Å². The van der Waals surface area contributed by atoms with E-state index in [0.717, 1.165) is 25.5 Å². The lowest BCUT2D eigenvalue weighted by atomic mass is 10.3. The van der Waals surface area contributed by atoms with Crippen LogP contribution in [0.5, 0.6) is 0 Å². The van der Waals surface area contributed by atoms with Crippen LogP contribution in [0.1, 0.15) is 25.5 Å². The van der Waals surface area contributed by atoms with E-state index < -0.39 is 11.9 Å². The van der Waals surface area contributed by atoms with Crippen LogP contribution in [0.25, 0.3) is 11.5 Å². The highest BCUT2D eigenvalue weighted by Gasteiger charge is 2.35. The lowest BCUT2D eigenvalue weighted by molar-refractivity contribution is -0.141. The van der Waals surface area contributed by atoms with E-state index in [0.29, 0.717) is 24.0 Å². The highest BCUT2D eigenvalue weighted by molar-refractivity contribution is 5.54. The normalized spacial score (nSPS) is 14.8. The summed E-state index contributed by atoms with van der Waals surface area (Å²) in [6.45, 7) is 3.25. The van der Waals surface area contributed by atoms with Gasteiger partial charge in [-0.05, 0) is 37.8 Å². The van der Waals surface area contributed by atoms with Crippen LogP contribution in [0, 0.1) is 5.92 Å². The maximum Gasteiger partial charge on any atom is 0.433 e.